The van der Waals surface area contributed by atoms with Crippen molar-refractivity contribution in [3.63, 3.8) is 0 Å². The first-order valence-corrected chi connectivity index (χ1v) is 12.5. The summed E-state index contributed by atoms with van der Waals surface area (Å²) in [5, 5.41) is 2.95. The molecule has 2 aliphatic heterocycles. The van der Waals surface area contributed by atoms with Crippen LogP contribution in [-0.4, -0.2) is 63.0 Å². The van der Waals surface area contributed by atoms with Gasteiger partial charge < -0.3 is 15.0 Å². The summed E-state index contributed by atoms with van der Waals surface area (Å²) in [5.41, 5.74) is 3.67. The second-order valence-electron chi connectivity index (χ2n) is 7.46. The molecule has 0 saturated carbocycles. The molecule has 2 aliphatic rings. The number of ether oxygens (including phenoxy) is 1. The van der Waals surface area contributed by atoms with E-state index in [0.717, 1.165) is 31.6 Å². The van der Waals surface area contributed by atoms with Crippen molar-refractivity contribution in [1.29, 1.82) is 0 Å². The lowest BCUT2D eigenvalue weighted by atomic mass is 10.1. The topological polar surface area (TPSA) is 91.8 Å². The van der Waals surface area contributed by atoms with E-state index >= 15 is 0 Å². The zero-order valence-electron chi connectivity index (χ0n) is 17.0. The first-order valence-electron chi connectivity index (χ1n) is 10.1. The van der Waals surface area contributed by atoms with Crippen LogP contribution in [0.5, 0.6) is 0 Å². The van der Waals surface area contributed by atoms with Crippen LogP contribution in [0.25, 0.3) is 0 Å². The lowest BCUT2D eigenvalue weighted by Crippen LogP contribution is -2.40. The van der Waals surface area contributed by atoms with Crippen molar-refractivity contribution in [2.45, 2.75) is 31.1 Å². The van der Waals surface area contributed by atoms with Crippen LogP contribution in [-0.2, 0) is 14.8 Å². The Morgan fingerprint density at radius 1 is 1.13 bits per heavy atom. The molecule has 0 spiro atoms. The molecule has 2 saturated heterocycles. The molecule has 0 atom stereocenters. The Labute approximate surface area is 180 Å². The predicted molar refractivity (Wildman–Crippen MR) is 117 cm³/mol. The molecule has 1 amide bonds. The fourth-order valence-electron chi connectivity index (χ4n) is 3.82. The molecule has 2 aromatic rings. The van der Waals surface area contributed by atoms with Gasteiger partial charge in [0.1, 0.15) is 4.88 Å². The Morgan fingerprint density at radius 3 is 2.53 bits per heavy atom. The van der Waals surface area contributed by atoms with E-state index in [1.165, 1.54) is 22.1 Å². The van der Waals surface area contributed by atoms with Crippen LogP contribution in [0.2, 0.25) is 0 Å². The van der Waals surface area contributed by atoms with Gasteiger partial charge in [0.25, 0.3) is 5.91 Å². The Bertz CT molecular complexity index is 1010. The minimum absolute atomic E-state index is 0.182. The first kappa shape index (κ1) is 21.2. The molecule has 1 aromatic carbocycles. The number of carbonyl (C=O) groups excluding carboxylic acids is 1. The number of hydrogen-bond acceptors (Lipinski definition) is 7. The highest BCUT2D eigenvalue weighted by molar-refractivity contribution is 7.89. The maximum Gasteiger partial charge on any atom is 0.267 e. The lowest BCUT2D eigenvalue weighted by Gasteiger charge is -2.31. The highest BCUT2D eigenvalue weighted by Gasteiger charge is 2.28. The molecule has 0 bridgehead atoms. The molecule has 0 radical (unpaired) electrons. The quantitative estimate of drug-likeness (QED) is 0.753. The summed E-state index contributed by atoms with van der Waals surface area (Å²) < 4.78 is 33.0. The van der Waals surface area contributed by atoms with Crippen LogP contribution in [0.4, 0.5) is 11.4 Å². The minimum Gasteiger partial charge on any atom is -0.379 e. The molecule has 1 N–H and O–H groups in total. The number of carbonyl (C=O) groups is 1. The predicted octanol–water partition coefficient (Wildman–Crippen LogP) is 2.72. The number of sulfonamides is 1. The molecule has 2 fully saturated rings. The molecule has 0 unspecified atom stereocenters. The van der Waals surface area contributed by atoms with Crippen LogP contribution >= 0.6 is 11.3 Å². The Hall–Kier alpha value is -2.01. The molecule has 4 rings (SSSR count). The van der Waals surface area contributed by atoms with Crippen LogP contribution in [0, 0.1) is 6.92 Å². The summed E-state index contributed by atoms with van der Waals surface area (Å²) in [6.45, 7) is 5.00. The fourth-order valence-corrected chi connectivity index (χ4v) is 5.95. The molecule has 0 aliphatic carbocycles. The summed E-state index contributed by atoms with van der Waals surface area (Å²) in [6.07, 6.45) is 3.34. The van der Waals surface area contributed by atoms with Gasteiger partial charge in [0.2, 0.25) is 10.0 Å². The van der Waals surface area contributed by atoms with E-state index in [9.17, 15) is 13.2 Å². The number of rotatable bonds is 5. The van der Waals surface area contributed by atoms with Crippen LogP contribution in [0.1, 0.15) is 34.6 Å². The van der Waals surface area contributed by atoms with Gasteiger partial charge in [-0.1, -0.05) is 0 Å². The largest absolute Gasteiger partial charge is 0.379 e. The Balaban J connectivity index is 1.69. The third kappa shape index (κ3) is 4.36. The van der Waals surface area contributed by atoms with E-state index in [4.69, 9.17) is 4.74 Å². The van der Waals surface area contributed by atoms with Gasteiger partial charge in [0, 0.05) is 26.2 Å². The molecular weight excluding hydrogens is 424 g/mol. The Morgan fingerprint density at radius 2 is 1.87 bits per heavy atom. The van der Waals surface area contributed by atoms with Crippen molar-refractivity contribution in [1.82, 2.24) is 9.29 Å². The maximum absolute atomic E-state index is 13.1. The number of aromatic nitrogens is 1. The van der Waals surface area contributed by atoms with Crippen molar-refractivity contribution in [3.8, 4) is 0 Å². The lowest BCUT2D eigenvalue weighted by molar-refractivity contribution is 0.0730. The summed E-state index contributed by atoms with van der Waals surface area (Å²) >= 11 is 1.27. The van der Waals surface area contributed by atoms with Gasteiger partial charge in [-0.25, -0.2) is 13.4 Å². The average molecular weight is 451 g/mol. The second-order valence-corrected chi connectivity index (χ2v) is 10.3. The number of thiazole rings is 1. The highest BCUT2D eigenvalue weighted by atomic mass is 32.2. The van der Waals surface area contributed by atoms with E-state index in [2.05, 4.69) is 15.2 Å². The van der Waals surface area contributed by atoms with Crippen molar-refractivity contribution in [2.75, 3.05) is 49.6 Å². The molecule has 30 heavy (non-hydrogen) atoms. The number of hydrogen-bond donors (Lipinski definition) is 1. The van der Waals surface area contributed by atoms with Crippen molar-refractivity contribution in [2.24, 2.45) is 0 Å². The van der Waals surface area contributed by atoms with Gasteiger partial charge in [-0.3, -0.25) is 4.79 Å². The summed E-state index contributed by atoms with van der Waals surface area (Å²) in [7, 11) is -3.66. The number of anilines is 2. The van der Waals surface area contributed by atoms with E-state index in [-0.39, 0.29) is 10.8 Å². The molecule has 3 heterocycles. The number of benzene rings is 1. The number of aryl methyl sites for hydroxylation is 1. The smallest absolute Gasteiger partial charge is 0.267 e. The number of piperidine rings is 1. The summed E-state index contributed by atoms with van der Waals surface area (Å²) in [4.78, 5) is 19.9. The van der Waals surface area contributed by atoms with Gasteiger partial charge in [0.05, 0.1) is 40.7 Å². The molecular formula is C20H26N4O4S2. The van der Waals surface area contributed by atoms with Crippen LogP contribution in [0.15, 0.2) is 28.6 Å². The third-order valence-electron chi connectivity index (χ3n) is 5.47. The normalized spacial score (nSPS) is 18.4. The summed E-state index contributed by atoms with van der Waals surface area (Å²) in [5.74, 6) is -0.269. The van der Waals surface area contributed by atoms with Crippen molar-refractivity contribution in [3.05, 3.63) is 34.3 Å². The molecule has 8 nitrogen and oxygen atoms in total. The van der Waals surface area contributed by atoms with Crippen LogP contribution in [0.3, 0.4) is 0 Å². The Kier molecular flexibility index (Phi) is 6.37. The number of morpholine rings is 1. The van der Waals surface area contributed by atoms with Crippen LogP contribution < -0.4 is 10.2 Å². The van der Waals surface area contributed by atoms with E-state index < -0.39 is 10.0 Å². The number of nitrogens with one attached hydrogen (secondary N) is 1. The van der Waals surface area contributed by atoms with E-state index in [1.54, 1.807) is 24.6 Å². The fraction of sp³-hybridized carbons (Fsp3) is 0.500. The third-order valence-corrected chi connectivity index (χ3v) is 8.29. The number of nitrogens with zero attached hydrogens (tertiary/aromatic N) is 3. The molecule has 1 aromatic heterocycles. The highest BCUT2D eigenvalue weighted by Crippen LogP contribution is 2.33. The standard InChI is InChI=1S/C20H26N4O4S2/c1-15-19(29-14-21-15)20(25)22-17-13-16(30(26,27)24-9-11-28-12-10-24)5-6-18(17)23-7-3-2-4-8-23/h5-6,13-14H,2-4,7-12H2,1H3,(H,22,25). The maximum atomic E-state index is 13.1. The van der Waals surface area contributed by atoms with Gasteiger partial charge in [-0.2, -0.15) is 4.31 Å². The average Bonchev–Trinajstić information content (AvgIpc) is 3.21. The van der Waals surface area contributed by atoms with Gasteiger partial charge in [0.15, 0.2) is 0 Å². The van der Waals surface area contributed by atoms with E-state index in [0.29, 0.717) is 42.6 Å². The molecule has 162 valence electrons. The van der Waals surface area contributed by atoms with Gasteiger partial charge >= 0.3 is 0 Å². The first-order chi connectivity index (χ1) is 14.5. The monoisotopic (exact) mass is 450 g/mol. The summed E-state index contributed by atoms with van der Waals surface area (Å²) in [6, 6.07) is 5.04. The zero-order chi connectivity index (χ0) is 21.1. The van der Waals surface area contributed by atoms with E-state index in [1.807, 2.05) is 6.07 Å². The molecule has 10 heteroatoms. The zero-order valence-corrected chi connectivity index (χ0v) is 18.6. The van der Waals surface area contributed by atoms with Crippen molar-refractivity contribution >= 4 is 38.6 Å². The SMILES string of the molecule is Cc1ncsc1C(=O)Nc1cc(S(=O)(=O)N2CCOCC2)ccc1N1CCCCC1. The number of amides is 1. The minimum atomic E-state index is -3.66. The van der Waals surface area contributed by atoms with Gasteiger partial charge in [-0.15, -0.1) is 11.3 Å². The second kappa shape index (κ2) is 9.01. The van der Waals surface area contributed by atoms with Gasteiger partial charge in [-0.05, 0) is 44.4 Å². The van der Waals surface area contributed by atoms with Crippen molar-refractivity contribution < 1.29 is 17.9 Å².